The fourth-order valence-electron chi connectivity index (χ4n) is 2.82. The zero-order valence-corrected chi connectivity index (χ0v) is 17.5. The van der Waals surface area contributed by atoms with Crippen LogP contribution in [0.15, 0.2) is 42.5 Å². The van der Waals surface area contributed by atoms with Crippen molar-refractivity contribution in [1.29, 1.82) is 5.26 Å². The molecule has 2 aromatic carbocycles. The molecule has 0 aliphatic heterocycles. The van der Waals surface area contributed by atoms with Crippen LogP contribution in [0.25, 0.3) is 22.3 Å². The Bertz CT molecular complexity index is 1010. The van der Waals surface area contributed by atoms with Gasteiger partial charge < -0.3 is 10.8 Å². The minimum absolute atomic E-state index is 0.139. The molecule has 1 heterocycles. The molecule has 0 bridgehead atoms. The Kier molecular flexibility index (Phi) is 5.15. The van der Waals surface area contributed by atoms with Gasteiger partial charge in [0.1, 0.15) is 23.2 Å². The molecule has 3 rings (SSSR count). The minimum Gasteiger partial charge on any atom is -0.506 e. The van der Waals surface area contributed by atoms with Crippen LogP contribution in [0.2, 0.25) is 0 Å². The molecule has 0 unspecified atom stereocenters. The topological polar surface area (TPSA) is 82.9 Å². The number of rotatable bonds is 2. The van der Waals surface area contributed by atoms with E-state index in [0.717, 1.165) is 18.3 Å². The first kappa shape index (κ1) is 17.9. The van der Waals surface area contributed by atoms with Crippen LogP contribution >= 0.6 is 45.2 Å². The number of aromatic hydroxyl groups is 1. The Morgan fingerprint density at radius 3 is 2.44 bits per heavy atom. The van der Waals surface area contributed by atoms with Gasteiger partial charge in [-0.15, -0.1) is 0 Å². The third-order valence-corrected chi connectivity index (χ3v) is 5.32. The first-order valence-corrected chi connectivity index (χ1v) is 9.53. The molecule has 124 valence electrons. The zero-order chi connectivity index (χ0) is 18.1. The van der Waals surface area contributed by atoms with Crippen molar-refractivity contribution in [2.75, 3.05) is 5.73 Å². The number of phenolic OH excluding ortho intramolecular Hbond substituents is 1. The van der Waals surface area contributed by atoms with Crippen LogP contribution in [0, 0.1) is 25.4 Å². The smallest absolute Gasteiger partial charge is 0.142 e. The first-order valence-electron chi connectivity index (χ1n) is 7.38. The summed E-state index contributed by atoms with van der Waals surface area (Å²) in [5.41, 5.74) is 9.95. The maximum Gasteiger partial charge on any atom is 0.142 e. The number of benzene rings is 2. The quantitative estimate of drug-likeness (QED) is 0.434. The average molecular weight is 553 g/mol. The summed E-state index contributed by atoms with van der Waals surface area (Å²) in [6.07, 6.45) is 0. The highest BCUT2D eigenvalue weighted by atomic mass is 127. The Balaban J connectivity index is 2.50. The van der Waals surface area contributed by atoms with Crippen molar-refractivity contribution >= 4 is 51.0 Å². The second-order valence-electron chi connectivity index (χ2n) is 5.47. The van der Waals surface area contributed by atoms with E-state index >= 15 is 0 Å². The Morgan fingerprint density at radius 1 is 1.12 bits per heavy atom. The lowest BCUT2D eigenvalue weighted by molar-refractivity contribution is 0.473. The molecule has 0 saturated heterocycles. The third-order valence-electron chi connectivity index (χ3n) is 3.88. The number of hydrogen-bond acceptors (Lipinski definition) is 4. The number of halogens is 2. The van der Waals surface area contributed by atoms with Gasteiger partial charge in [0, 0.05) is 26.0 Å². The standard InChI is InChI=1S/C19H13I2N3O/c1-10-16(11-5-3-2-4-6-11)17(14(9-22)19(23)24-10)13-7-12(20)8-15(21)18(13)25/h2-8,25H,1H3,(H2,23,24). The summed E-state index contributed by atoms with van der Waals surface area (Å²) >= 11 is 4.28. The predicted octanol–water partition coefficient (Wildman–Crippen LogP) is 5.09. The van der Waals surface area contributed by atoms with Gasteiger partial charge in [-0.3, -0.25) is 0 Å². The van der Waals surface area contributed by atoms with Crippen molar-refractivity contribution in [1.82, 2.24) is 4.98 Å². The van der Waals surface area contributed by atoms with Crippen LogP contribution in [0.5, 0.6) is 5.75 Å². The normalized spacial score (nSPS) is 10.5. The van der Waals surface area contributed by atoms with Crippen molar-refractivity contribution in [3.05, 3.63) is 60.9 Å². The summed E-state index contributed by atoms with van der Waals surface area (Å²) in [6, 6.07) is 15.6. The van der Waals surface area contributed by atoms with Gasteiger partial charge in [-0.2, -0.15) is 5.26 Å². The lowest BCUT2D eigenvalue weighted by Crippen LogP contribution is -2.03. The number of nitrogens with two attached hydrogens (primary N) is 1. The zero-order valence-electron chi connectivity index (χ0n) is 13.2. The number of aryl methyl sites for hydroxylation is 1. The van der Waals surface area contributed by atoms with Gasteiger partial charge in [0.15, 0.2) is 0 Å². The number of phenols is 1. The van der Waals surface area contributed by atoms with Crippen LogP contribution < -0.4 is 5.73 Å². The minimum atomic E-state index is 0.139. The number of aromatic nitrogens is 1. The molecular weight excluding hydrogens is 540 g/mol. The van der Waals surface area contributed by atoms with Gasteiger partial charge in [0.25, 0.3) is 0 Å². The molecule has 0 spiro atoms. The molecule has 3 aromatic rings. The van der Waals surface area contributed by atoms with E-state index in [4.69, 9.17) is 5.73 Å². The molecule has 0 fully saturated rings. The van der Waals surface area contributed by atoms with Crippen LogP contribution in [0.4, 0.5) is 5.82 Å². The second-order valence-corrected chi connectivity index (χ2v) is 7.88. The fourth-order valence-corrected chi connectivity index (χ4v) is 4.67. The van der Waals surface area contributed by atoms with Crippen molar-refractivity contribution in [2.45, 2.75) is 6.92 Å². The van der Waals surface area contributed by atoms with Crippen LogP contribution in [0.1, 0.15) is 11.3 Å². The predicted molar refractivity (Wildman–Crippen MR) is 116 cm³/mol. The molecule has 0 saturated carbocycles. The van der Waals surface area contributed by atoms with Crippen LogP contribution in [-0.2, 0) is 0 Å². The summed E-state index contributed by atoms with van der Waals surface area (Å²) in [7, 11) is 0. The van der Waals surface area contributed by atoms with E-state index in [1.807, 2.05) is 49.4 Å². The van der Waals surface area contributed by atoms with Crippen molar-refractivity contribution < 1.29 is 5.11 Å². The third kappa shape index (κ3) is 3.30. The molecule has 0 amide bonds. The van der Waals surface area contributed by atoms with Crippen molar-refractivity contribution in [3.8, 4) is 34.1 Å². The summed E-state index contributed by atoms with van der Waals surface area (Å²) in [5.74, 6) is 0.308. The molecule has 0 aliphatic rings. The van der Waals surface area contributed by atoms with Gasteiger partial charge in [-0.1, -0.05) is 30.3 Å². The molecule has 1 aromatic heterocycles. The van der Waals surface area contributed by atoms with Gasteiger partial charge in [0.05, 0.1) is 3.57 Å². The van der Waals surface area contributed by atoms with Crippen LogP contribution in [0.3, 0.4) is 0 Å². The molecule has 6 heteroatoms. The Labute approximate surface area is 173 Å². The van der Waals surface area contributed by atoms with Gasteiger partial charge in [0.2, 0.25) is 0 Å². The molecule has 0 aliphatic carbocycles. The number of pyridine rings is 1. The van der Waals surface area contributed by atoms with Crippen molar-refractivity contribution in [2.24, 2.45) is 0 Å². The lowest BCUT2D eigenvalue weighted by Gasteiger charge is -2.18. The highest BCUT2D eigenvalue weighted by Gasteiger charge is 2.22. The first-order chi connectivity index (χ1) is 11.9. The van der Waals surface area contributed by atoms with E-state index in [1.165, 1.54) is 0 Å². The van der Waals surface area contributed by atoms with Gasteiger partial charge in [-0.25, -0.2) is 4.98 Å². The summed E-state index contributed by atoms with van der Waals surface area (Å²) in [4.78, 5) is 4.35. The molecule has 0 atom stereocenters. The second kappa shape index (κ2) is 7.17. The number of anilines is 1. The monoisotopic (exact) mass is 553 g/mol. The highest BCUT2D eigenvalue weighted by Crippen LogP contribution is 2.44. The van der Waals surface area contributed by atoms with E-state index in [9.17, 15) is 10.4 Å². The summed E-state index contributed by atoms with van der Waals surface area (Å²) < 4.78 is 1.68. The van der Waals surface area contributed by atoms with Crippen molar-refractivity contribution in [3.63, 3.8) is 0 Å². The highest BCUT2D eigenvalue weighted by molar-refractivity contribution is 14.1. The fraction of sp³-hybridized carbons (Fsp3) is 0.0526. The largest absolute Gasteiger partial charge is 0.506 e. The molecule has 3 N–H and O–H groups in total. The molecule has 0 radical (unpaired) electrons. The number of nitrogens with zero attached hydrogens (tertiary/aromatic N) is 2. The maximum atomic E-state index is 10.7. The van der Waals surface area contributed by atoms with E-state index < -0.39 is 0 Å². The van der Waals surface area contributed by atoms with Gasteiger partial charge in [-0.05, 0) is 69.8 Å². The lowest BCUT2D eigenvalue weighted by atomic mass is 9.90. The summed E-state index contributed by atoms with van der Waals surface area (Å²) in [6.45, 7) is 1.86. The van der Waals surface area contributed by atoms with E-state index in [-0.39, 0.29) is 17.1 Å². The number of hydrogen-bond donors (Lipinski definition) is 2. The van der Waals surface area contributed by atoms with E-state index in [0.29, 0.717) is 16.8 Å². The average Bonchev–Trinajstić information content (AvgIpc) is 2.58. The van der Waals surface area contributed by atoms with Gasteiger partial charge >= 0.3 is 0 Å². The van der Waals surface area contributed by atoms with E-state index in [2.05, 4.69) is 56.2 Å². The maximum absolute atomic E-state index is 10.7. The SMILES string of the molecule is Cc1nc(N)c(C#N)c(-c2cc(I)cc(I)c2O)c1-c1ccccc1. The Morgan fingerprint density at radius 2 is 1.80 bits per heavy atom. The molecule has 25 heavy (non-hydrogen) atoms. The number of nitrogen functional groups attached to an aromatic ring is 1. The molecular formula is C19H13I2N3O. The number of nitriles is 1. The Hall–Kier alpha value is -1.86. The molecule has 4 nitrogen and oxygen atoms in total. The van der Waals surface area contributed by atoms with E-state index in [1.54, 1.807) is 0 Å². The van der Waals surface area contributed by atoms with Crippen LogP contribution in [-0.4, -0.2) is 10.1 Å². The summed E-state index contributed by atoms with van der Waals surface area (Å²) in [5, 5.41) is 20.4.